The zero-order valence-electron chi connectivity index (χ0n) is 11.2. The minimum absolute atomic E-state index is 0.483. The number of nitrogens with one attached hydrogen (secondary N) is 1. The van der Waals surface area contributed by atoms with Gasteiger partial charge in [0.1, 0.15) is 11.8 Å². The minimum atomic E-state index is 0.483. The molecule has 0 heterocycles. The van der Waals surface area contributed by atoms with E-state index in [1.165, 1.54) is 0 Å². The average Bonchev–Trinajstić information content (AvgIpc) is 2.42. The largest absolute Gasteiger partial charge is 0.495 e. The maximum absolute atomic E-state index is 8.91. The molecule has 0 bridgehead atoms. The Bertz CT molecular complexity index is 415. The van der Waals surface area contributed by atoms with E-state index in [0.717, 1.165) is 23.6 Å². The minimum Gasteiger partial charge on any atom is -0.495 e. The van der Waals surface area contributed by atoms with Crippen LogP contribution in [0.1, 0.15) is 25.0 Å². The van der Waals surface area contributed by atoms with Crippen molar-refractivity contribution in [2.24, 2.45) is 0 Å². The van der Waals surface area contributed by atoms with Crippen LogP contribution in [0.25, 0.3) is 0 Å². The topological polar surface area (TPSA) is 45.0 Å². The lowest BCUT2D eigenvalue weighted by Crippen LogP contribution is -2.27. The van der Waals surface area contributed by atoms with Crippen molar-refractivity contribution in [1.29, 1.82) is 5.26 Å². The molecule has 0 fully saturated rings. The Morgan fingerprint density at radius 1 is 1.50 bits per heavy atom. The number of ether oxygens (including phenoxy) is 1. The second kappa shape index (κ2) is 8.02. The van der Waals surface area contributed by atoms with Gasteiger partial charge in [-0.05, 0) is 30.4 Å². The summed E-state index contributed by atoms with van der Waals surface area (Å²) in [6, 6.07) is 8.30. The first-order valence-corrected chi connectivity index (χ1v) is 7.24. The summed E-state index contributed by atoms with van der Waals surface area (Å²) in [6.07, 6.45) is 0. The van der Waals surface area contributed by atoms with Crippen LogP contribution < -0.4 is 10.1 Å². The monoisotopic (exact) mass is 264 g/mol. The van der Waals surface area contributed by atoms with E-state index in [4.69, 9.17) is 10.00 Å². The fourth-order valence-electron chi connectivity index (χ4n) is 1.58. The van der Waals surface area contributed by atoms with Crippen LogP contribution in [0.5, 0.6) is 5.75 Å². The number of nitriles is 1. The number of methoxy groups -OCH3 is 1. The second-order valence-electron chi connectivity index (χ2n) is 4.09. The molecular weight excluding hydrogens is 244 g/mol. The van der Waals surface area contributed by atoms with Gasteiger partial charge in [-0.3, -0.25) is 0 Å². The van der Waals surface area contributed by atoms with Crippen LogP contribution in [0.4, 0.5) is 0 Å². The fourth-order valence-corrected chi connectivity index (χ4v) is 2.29. The second-order valence-corrected chi connectivity index (χ2v) is 5.41. The molecule has 0 radical (unpaired) electrons. The highest BCUT2D eigenvalue weighted by molar-refractivity contribution is 7.99. The van der Waals surface area contributed by atoms with Gasteiger partial charge in [0.15, 0.2) is 0 Å². The van der Waals surface area contributed by atoms with Gasteiger partial charge in [-0.25, -0.2) is 0 Å². The van der Waals surface area contributed by atoms with E-state index in [1.807, 2.05) is 23.9 Å². The number of hydrogen-bond donors (Lipinski definition) is 1. The molecule has 0 aliphatic carbocycles. The van der Waals surface area contributed by atoms with E-state index >= 15 is 0 Å². The molecule has 0 saturated carbocycles. The van der Waals surface area contributed by atoms with Crippen molar-refractivity contribution in [3.8, 4) is 11.8 Å². The van der Waals surface area contributed by atoms with E-state index in [2.05, 4.69) is 25.2 Å². The first-order chi connectivity index (χ1) is 8.71. The molecule has 1 atom stereocenters. The first-order valence-electron chi connectivity index (χ1n) is 6.09. The molecular formula is C14H20N2OS. The van der Waals surface area contributed by atoms with Gasteiger partial charge >= 0.3 is 0 Å². The van der Waals surface area contributed by atoms with Crippen LogP contribution in [0.3, 0.4) is 0 Å². The molecule has 0 aliphatic rings. The predicted octanol–water partition coefficient (Wildman–Crippen LogP) is 2.80. The number of nitrogens with zero attached hydrogens (tertiary/aromatic N) is 1. The predicted molar refractivity (Wildman–Crippen MR) is 77.0 cm³/mol. The number of benzene rings is 1. The van der Waals surface area contributed by atoms with Crippen molar-refractivity contribution < 1.29 is 4.74 Å². The van der Waals surface area contributed by atoms with Crippen molar-refractivity contribution in [3.63, 3.8) is 0 Å². The third-order valence-corrected chi connectivity index (χ3v) is 3.76. The maximum atomic E-state index is 8.91. The van der Waals surface area contributed by atoms with Crippen molar-refractivity contribution in [2.75, 3.05) is 18.6 Å². The zero-order chi connectivity index (χ0) is 13.4. The Morgan fingerprint density at radius 3 is 2.89 bits per heavy atom. The van der Waals surface area contributed by atoms with Crippen molar-refractivity contribution in [3.05, 3.63) is 29.3 Å². The molecule has 0 spiro atoms. The lowest BCUT2D eigenvalue weighted by atomic mass is 10.1. The Balaban J connectivity index is 2.55. The molecule has 0 amide bonds. The summed E-state index contributed by atoms with van der Waals surface area (Å²) < 4.78 is 5.19. The van der Waals surface area contributed by atoms with E-state index in [-0.39, 0.29) is 0 Å². The van der Waals surface area contributed by atoms with Crippen LogP contribution in [0.15, 0.2) is 18.2 Å². The Labute approximate surface area is 114 Å². The lowest BCUT2D eigenvalue weighted by Gasteiger charge is -2.13. The Hall–Kier alpha value is -1.18. The Morgan fingerprint density at radius 2 is 2.28 bits per heavy atom. The highest BCUT2D eigenvalue weighted by Crippen LogP contribution is 2.19. The summed E-state index contributed by atoms with van der Waals surface area (Å²) in [7, 11) is 1.59. The highest BCUT2D eigenvalue weighted by atomic mass is 32.2. The Kier molecular flexibility index (Phi) is 6.63. The summed E-state index contributed by atoms with van der Waals surface area (Å²) in [5, 5.41) is 12.4. The molecule has 18 heavy (non-hydrogen) atoms. The summed E-state index contributed by atoms with van der Waals surface area (Å²) in [4.78, 5) is 0. The van der Waals surface area contributed by atoms with Gasteiger partial charge < -0.3 is 10.1 Å². The molecule has 3 nitrogen and oxygen atoms in total. The summed E-state index contributed by atoms with van der Waals surface area (Å²) in [6.45, 7) is 5.15. The first kappa shape index (κ1) is 14.9. The molecule has 98 valence electrons. The number of hydrogen-bond acceptors (Lipinski definition) is 4. The van der Waals surface area contributed by atoms with Crippen LogP contribution >= 0.6 is 11.8 Å². The van der Waals surface area contributed by atoms with Gasteiger partial charge in [0, 0.05) is 18.3 Å². The molecule has 0 aliphatic heterocycles. The average molecular weight is 264 g/mol. The molecule has 4 heteroatoms. The molecule has 1 rings (SSSR count). The van der Waals surface area contributed by atoms with Gasteiger partial charge in [0.25, 0.3) is 0 Å². The van der Waals surface area contributed by atoms with E-state index in [9.17, 15) is 0 Å². The molecule has 1 aromatic rings. The van der Waals surface area contributed by atoms with Gasteiger partial charge in [-0.1, -0.05) is 13.0 Å². The third-order valence-electron chi connectivity index (χ3n) is 2.61. The smallest absolute Gasteiger partial charge is 0.136 e. The standard InChI is InChI=1S/C14H20N2OS/c1-4-18-10-11(2)16-9-12-5-6-13(8-15)14(7-12)17-3/h5-7,11,16H,4,9-10H2,1-3H3. The van der Waals surface area contributed by atoms with Crippen LogP contribution in [-0.2, 0) is 6.54 Å². The van der Waals surface area contributed by atoms with Crippen molar-refractivity contribution in [1.82, 2.24) is 5.32 Å². The summed E-state index contributed by atoms with van der Waals surface area (Å²) in [5.74, 6) is 2.91. The fraction of sp³-hybridized carbons (Fsp3) is 0.500. The molecule has 0 aromatic heterocycles. The summed E-state index contributed by atoms with van der Waals surface area (Å²) >= 11 is 1.93. The van der Waals surface area contributed by atoms with Gasteiger partial charge in [-0.2, -0.15) is 17.0 Å². The third kappa shape index (κ3) is 4.59. The van der Waals surface area contributed by atoms with Crippen LogP contribution in [0.2, 0.25) is 0 Å². The highest BCUT2D eigenvalue weighted by Gasteiger charge is 2.05. The SMILES string of the molecule is CCSCC(C)NCc1ccc(C#N)c(OC)c1. The maximum Gasteiger partial charge on any atom is 0.136 e. The van der Waals surface area contributed by atoms with E-state index < -0.39 is 0 Å². The van der Waals surface area contributed by atoms with Crippen molar-refractivity contribution in [2.45, 2.75) is 26.4 Å². The quantitative estimate of drug-likeness (QED) is 0.822. The number of thioether (sulfide) groups is 1. The van der Waals surface area contributed by atoms with Gasteiger partial charge in [-0.15, -0.1) is 0 Å². The molecule has 0 saturated heterocycles. The van der Waals surface area contributed by atoms with E-state index in [0.29, 0.717) is 17.4 Å². The number of rotatable bonds is 7. The van der Waals surface area contributed by atoms with Gasteiger partial charge in [0.05, 0.1) is 12.7 Å². The van der Waals surface area contributed by atoms with Gasteiger partial charge in [0.2, 0.25) is 0 Å². The lowest BCUT2D eigenvalue weighted by molar-refractivity contribution is 0.412. The van der Waals surface area contributed by atoms with Crippen molar-refractivity contribution >= 4 is 11.8 Å². The van der Waals surface area contributed by atoms with Crippen LogP contribution in [0, 0.1) is 11.3 Å². The van der Waals surface area contributed by atoms with Crippen LogP contribution in [-0.4, -0.2) is 24.7 Å². The molecule has 1 unspecified atom stereocenters. The summed E-state index contributed by atoms with van der Waals surface area (Å²) in [5.41, 5.74) is 1.72. The normalized spacial score (nSPS) is 11.9. The molecule has 1 N–H and O–H groups in total. The molecule has 1 aromatic carbocycles. The van der Waals surface area contributed by atoms with E-state index in [1.54, 1.807) is 13.2 Å². The zero-order valence-corrected chi connectivity index (χ0v) is 12.0.